The zero-order valence-electron chi connectivity index (χ0n) is 12.6. The summed E-state index contributed by atoms with van der Waals surface area (Å²) in [5.41, 5.74) is 0.219. The normalized spacial score (nSPS) is 10.5. The lowest BCUT2D eigenvalue weighted by Gasteiger charge is -2.12. The first kappa shape index (κ1) is 18.4. The number of anilines is 1. The van der Waals surface area contributed by atoms with Crippen LogP contribution in [0.3, 0.4) is 0 Å². The van der Waals surface area contributed by atoms with Gasteiger partial charge in [0.2, 0.25) is 0 Å². The molecule has 0 heterocycles. The number of thioether (sulfide) groups is 1. The molecule has 0 aliphatic heterocycles. The van der Waals surface area contributed by atoms with Gasteiger partial charge in [0.25, 0.3) is 11.7 Å². The molecule has 2 aromatic rings. The standard InChI is InChI=1S/C16H14ClF2NO3S/c1-22-10-5-7-11(8-6-10)23-9-14(21)20-13-4-2-3-12(17)15(13)24-16(18)19/h2-8,16H,9H2,1H3,(H,20,21). The van der Waals surface area contributed by atoms with Gasteiger partial charge < -0.3 is 14.8 Å². The van der Waals surface area contributed by atoms with Crippen molar-refractivity contribution in [3.8, 4) is 11.5 Å². The lowest BCUT2D eigenvalue weighted by atomic mass is 10.3. The van der Waals surface area contributed by atoms with Gasteiger partial charge in [0, 0.05) is 0 Å². The molecule has 0 aromatic heterocycles. The third-order valence-electron chi connectivity index (χ3n) is 2.88. The van der Waals surface area contributed by atoms with Crippen LogP contribution in [0.1, 0.15) is 0 Å². The first-order valence-electron chi connectivity index (χ1n) is 6.79. The average molecular weight is 374 g/mol. The summed E-state index contributed by atoms with van der Waals surface area (Å²) in [6.45, 7) is -0.266. The summed E-state index contributed by atoms with van der Waals surface area (Å²) in [6, 6.07) is 11.3. The summed E-state index contributed by atoms with van der Waals surface area (Å²) in [7, 11) is 1.54. The van der Waals surface area contributed by atoms with E-state index in [9.17, 15) is 13.6 Å². The van der Waals surface area contributed by atoms with Crippen LogP contribution >= 0.6 is 23.4 Å². The van der Waals surface area contributed by atoms with Crippen molar-refractivity contribution in [2.75, 3.05) is 19.0 Å². The van der Waals surface area contributed by atoms with Crippen LogP contribution in [0.15, 0.2) is 47.4 Å². The van der Waals surface area contributed by atoms with E-state index >= 15 is 0 Å². The molecule has 0 saturated carbocycles. The van der Waals surface area contributed by atoms with Crippen molar-refractivity contribution in [3.05, 3.63) is 47.5 Å². The van der Waals surface area contributed by atoms with Crippen LogP contribution < -0.4 is 14.8 Å². The van der Waals surface area contributed by atoms with Gasteiger partial charge in [-0.3, -0.25) is 4.79 Å². The van der Waals surface area contributed by atoms with Crippen LogP contribution in [0, 0.1) is 0 Å². The van der Waals surface area contributed by atoms with Gasteiger partial charge in [-0.05, 0) is 36.4 Å². The monoisotopic (exact) mass is 373 g/mol. The number of methoxy groups -OCH3 is 1. The van der Waals surface area contributed by atoms with Crippen molar-refractivity contribution in [2.45, 2.75) is 10.7 Å². The highest BCUT2D eigenvalue weighted by Gasteiger charge is 2.15. The van der Waals surface area contributed by atoms with E-state index in [4.69, 9.17) is 21.1 Å². The zero-order valence-corrected chi connectivity index (χ0v) is 14.2. The molecule has 0 fully saturated rings. The van der Waals surface area contributed by atoms with Gasteiger partial charge in [-0.2, -0.15) is 8.78 Å². The summed E-state index contributed by atoms with van der Waals surface area (Å²) in [5.74, 6) is -1.97. The van der Waals surface area contributed by atoms with Gasteiger partial charge in [-0.1, -0.05) is 29.4 Å². The molecule has 0 saturated heterocycles. The Balaban J connectivity index is 1.98. The van der Waals surface area contributed by atoms with Gasteiger partial charge in [0.1, 0.15) is 11.5 Å². The largest absolute Gasteiger partial charge is 0.497 e. The second-order valence-corrected chi connectivity index (χ2v) is 5.91. The molecule has 128 valence electrons. The third kappa shape index (κ3) is 5.28. The third-order valence-corrected chi connectivity index (χ3v) is 4.16. The van der Waals surface area contributed by atoms with Gasteiger partial charge in [-0.25, -0.2) is 0 Å². The number of alkyl halides is 2. The molecule has 0 bridgehead atoms. The highest BCUT2D eigenvalue weighted by molar-refractivity contribution is 7.99. The first-order valence-corrected chi connectivity index (χ1v) is 8.05. The molecular weight excluding hydrogens is 360 g/mol. The van der Waals surface area contributed by atoms with Crippen molar-refractivity contribution in [2.24, 2.45) is 0 Å². The number of carbonyl (C=O) groups excluding carboxylic acids is 1. The van der Waals surface area contributed by atoms with Crippen molar-refractivity contribution in [1.29, 1.82) is 0 Å². The summed E-state index contributed by atoms with van der Waals surface area (Å²) < 4.78 is 35.6. The molecule has 4 nitrogen and oxygen atoms in total. The Hall–Kier alpha value is -1.99. The van der Waals surface area contributed by atoms with Crippen molar-refractivity contribution < 1.29 is 23.0 Å². The maximum Gasteiger partial charge on any atom is 0.289 e. The number of benzene rings is 2. The fourth-order valence-corrected chi connectivity index (χ4v) is 2.74. The second-order valence-electron chi connectivity index (χ2n) is 4.51. The Morgan fingerprint density at radius 1 is 1.21 bits per heavy atom. The maximum atomic E-state index is 12.6. The minimum absolute atomic E-state index is 0.118. The van der Waals surface area contributed by atoms with Crippen molar-refractivity contribution >= 4 is 35.0 Å². The predicted octanol–water partition coefficient (Wildman–Crippen LogP) is 4.68. The minimum atomic E-state index is -2.64. The molecular formula is C16H14ClF2NO3S. The van der Waals surface area contributed by atoms with Crippen LogP contribution in [0.5, 0.6) is 11.5 Å². The first-order chi connectivity index (χ1) is 11.5. The van der Waals surface area contributed by atoms with E-state index in [1.54, 1.807) is 37.4 Å². The molecule has 0 radical (unpaired) electrons. The summed E-state index contributed by atoms with van der Waals surface area (Å²) in [6.07, 6.45) is 0. The van der Waals surface area contributed by atoms with Gasteiger partial charge in [0.05, 0.1) is 22.7 Å². The SMILES string of the molecule is COc1ccc(OCC(=O)Nc2cccc(Cl)c2SC(F)F)cc1. The molecule has 0 aliphatic carbocycles. The van der Waals surface area contributed by atoms with Crippen LogP contribution in [-0.2, 0) is 4.79 Å². The van der Waals surface area contributed by atoms with Crippen LogP contribution in [-0.4, -0.2) is 25.4 Å². The number of halogens is 3. The number of nitrogens with one attached hydrogen (secondary N) is 1. The summed E-state index contributed by atoms with van der Waals surface area (Å²) in [4.78, 5) is 12.1. The highest BCUT2D eigenvalue weighted by Crippen LogP contribution is 2.37. The van der Waals surface area contributed by atoms with Crippen molar-refractivity contribution in [1.82, 2.24) is 0 Å². The Morgan fingerprint density at radius 3 is 2.50 bits per heavy atom. The summed E-state index contributed by atoms with van der Waals surface area (Å²) >= 11 is 6.19. The van der Waals surface area contributed by atoms with E-state index < -0.39 is 11.7 Å². The van der Waals surface area contributed by atoms with Gasteiger partial charge in [0.15, 0.2) is 6.61 Å². The van der Waals surface area contributed by atoms with Crippen LogP contribution in [0.4, 0.5) is 14.5 Å². The lowest BCUT2D eigenvalue weighted by molar-refractivity contribution is -0.118. The number of hydrogen-bond donors (Lipinski definition) is 1. The number of amides is 1. The van der Waals surface area contributed by atoms with Crippen LogP contribution in [0.25, 0.3) is 0 Å². The molecule has 2 rings (SSSR count). The summed E-state index contributed by atoms with van der Waals surface area (Å²) in [5, 5.41) is 2.67. The molecule has 0 atom stereocenters. The molecule has 0 spiro atoms. The molecule has 8 heteroatoms. The average Bonchev–Trinajstić information content (AvgIpc) is 2.56. The quantitative estimate of drug-likeness (QED) is 0.716. The van der Waals surface area contributed by atoms with Gasteiger partial charge in [-0.15, -0.1) is 0 Å². The van der Waals surface area contributed by atoms with E-state index in [0.717, 1.165) is 0 Å². The molecule has 2 aromatic carbocycles. The Labute approximate surface area is 147 Å². The topological polar surface area (TPSA) is 47.6 Å². The zero-order chi connectivity index (χ0) is 17.5. The molecule has 24 heavy (non-hydrogen) atoms. The van der Waals surface area contributed by atoms with E-state index in [2.05, 4.69) is 5.32 Å². The van der Waals surface area contributed by atoms with E-state index in [-0.39, 0.29) is 34.0 Å². The van der Waals surface area contributed by atoms with E-state index in [0.29, 0.717) is 11.5 Å². The Morgan fingerprint density at radius 2 is 1.88 bits per heavy atom. The Bertz CT molecular complexity index is 698. The minimum Gasteiger partial charge on any atom is -0.497 e. The predicted molar refractivity (Wildman–Crippen MR) is 90.4 cm³/mol. The second kappa shape index (κ2) is 8.75. The van der Waals surface area contributed by atoms with Crippen molar-refractivity contribution in [3.63, 3.8) is 0 Å². The fraction of sp³-hybridized carbons (Fsp3) is 0.188. The molecule has 1 N–H and O–H groups in total. The maximum absolute atomic E-state index is 12.6. The van der Waals surface area contributed by atoms with E-state index in [1.807, 2.05) is 0 Å². The van der Waals surface area contributed by atoms with Crippen LogP contribution in [0.2, 0.25) is 5.02 Å². The Kier molecular flexibility index (Phi) is 6.69. The number of rotatable bonds is 7. The molecule has 0 unspecified atom stereocenters. The molecule has 1 amide bonds. The smallest absolute Gasteiger partial charge is 0.289 e. The fourth-order valence-electron chi connectivity index (χ4n) is 1.82. The number of carbonyl (C=O) groups is 1. The number of hydrogen-bond acceptors (Lipinski definition) is 4. The highest BCUT2D eigenvalue weighted by atomic mass is 35.5. The number of ether oxygens (including phenoxy) is 2. The lowest BCUT2D eigenvalue weighted by Crippen LogP contribution is -2.20. The van der Waals surface area contributed by atoms with E-state index in [1.165, 1.54) is 12.1 Å². The molecule has 0 aliphatic rings. The van der Waals surface area contributed by atoms with Gasteiger partial charge >= 0.3 is 0 Å².